The van der Waals surface area contributed by atoms with Gasteiger partial charge < -0.3 is 5.32 Å². The maximum Gasteiger partial charge on any atom is 0.296 e. The Kier molecular flexibility index (Phi) is 6.37. The van der Waals surface area contributed by atoms with Crippen molar-refractivity contribution in [3.05, 3.63) is 71.8 Å². The molecule has 1 aliphatic heterocycles. The number of nitrogens with zero attached hydrogens (tertiary/aromatic N) is 2. The van der Waals surface area contributed by atoms with Gasteiger partial charge in [-0.2, -0.15) is 12.7 Å². The van der Waals surface area contributed by atoms with E-state index in [0.29, 0.717) is 22.2 Å². The van der Waals surface area contributed by atoms with Gasteiger partial charge in [-0.25, -0.2) is 8.42 Å². The molecule has 2 aromatic carbocycles. The molecular formula is C19H23N3O5S2. The fraction of sp³-hybridized carbons (Fsp3) is 0.316. The van der Waals surface area contributed by atoms with Crippen LogP contribution in [0.5, 0.6) is 0 Å². The van der Waals surface area contributed by atoms with Crippen LogP contribution in [0.25, 0.3) is 0 Å². The molecule has 1 amide bonds. The summed E-state index contributed by atoms with van der Waals surface area (Å²) in [5.41, 5.74) is 1.69. The number of hydrogen-bond acceptors (Lipinski definition) is 5. The van der Waals surface area contributed by atoms with E-state index in [1.54, 1.807) is 30.3 Å². The highest BCUT2D eigenvalue weighted by atomic mass is 32.3. The topological polar surface area (TPSA) is 104 Å². The molecule has 156 valence electrons. The van der Waals surface area contributed by atoms with Gasteiger partial charge in [-0.15, -0.1) is 0 Å². The van der Waals surface area contributed by atoms with E-state index in [1.165, 1.54) is 0 Å². The molecule has 10 heteroatoms. The average molecular weight is 438 g/mol. The van der Waals surface area contributed by atoms with Crippen molar-refractivity contribution >= 4 is 26.1 Å². The summed E-state index contributed by atoms with van der Waals surface area (Å²) in [6.07, 6.45) is 1.40. The predicted octanol–water partition coefficient (Wildman–Crippen LogP) is 0.736. The van der Waals surface area contributed by atoms with Gasteiger partial charge in [0.25, 0.3) is 10.2 Å². The number of sulfonamides is 1. The second kappa shape index (κ2) is 8.62. The van der Waals surface area contributed by atoms with Gasteiger partial charge in [-0.05, 0) is 17.5 Å². The summed E-state index contributed by atoms with van der Waals surface area (Å²) in [7, 11) is -8.38. The Morgan fingerprint density at radius 1 is 1.03 bits per heavy atom. The van der Waals surface area contributed by atoms with Crippen LogP contribution >= 0.6 is 0 Å². The van der Waals surface area contributed by atoms with E-state index in [-0.39, 0.29) is 6.54 Å². The van der Waals surface area contributed by atoms with Crippen molar-refractivity contribution in [2.24, 2.45) is 0 Å². The first-order chi connectivity index (χ1) is 13.7. The number of carbonyl (C=O) groups is 1. The SMILES string of the molecule is CS(=O)(=O)N1CC(C(=O)NCCc2ccccc2)N(Cc2ccccc2)S1(=O)=O. The molecule has 29 heavy (non-hydrogen) atoms. The van der Waals surface area contributed by atoms with Gasteiger partial charge in [0.05, 0.1) is 12.8 Å². The zero-order valence-electron chi connectivity index (χ0n) is 15.9. The first kappa shape index (κ1) is 21.4. The summed E-state index contributed by atoms with van der Waals surface area (Å²) < 4.78 is 51.0. The van der Waals surface area contributed by atoms with E-state index in [4.69, 9.17) is 0 Å². The van der Waals surface area contributed by atoms with E-state index in [1.807, 2.05) is 30.3 Å². The Labute approximate surface area is 171 Å². The number of benzene rings is 2. The Bertz CT molecular complexity index is 1060. The second-order valence-electron chi connectivity index (χ2n) is 6.80. The molecule has 1 N–H and O–H groups in total. The van der Waals surface area contributed by atoms with Gasteiger partial charge in [0, 0.05) is 13.1 Å². The smallest absolute Gasteiger partial charge is 0.296 e. The van der Waals surface area contributed by atoms with Gasteiger partial charge in [-0.3, -0.25) is 4.79 Å². The highest BCUT2D eigenvalue weighted by Gasteiger charge is 2.51. The molecule has 1 atom stereocenters. The summed E-state index contributed by atoms with van der Waals surface area (Å²) >= 11 is 0. The highest BCUT2D eigenvalue weighted by Crippen LogP contribution is 2.27. The largest absolute Gasteiger partial charge is 0.354 e. The molecule has 0 bridgehead atoms. The molecule has 0 radical (unpaired) electrons. The quantitative estimate of drug-likeness (QED) is 0.688. The number of rotatable bonds is 7. The van der Waals surface area contributed by atoms with Crippen LogP contribution < -0.4 is 5.32 Å². The molecule has 0 saturated carbocycles. The molecular weight excluding hydrogens is 414 g/mol. The van der Waals surface area contributed by atoms with E-state index < -0.39 is 38.7 Å². The van der Waals surface area contributed by atoms with Gasteiger partial charge in [0.15, 0.2) is 0 Å². The summed E-state index contributed by atoms with van der Waals surface area (Å²) in [6.45, 7) is -0.214. The third-order valence-corrected chi connectivity index (χ3v) is 8.54. The van der Waals surface area contributed by atoms with Crippen molar-refractivity contribution in [3.8, 4) is 0 Å². The van der Waals surface area contributed by atoms with Crippen molar-refractivity contribution in [2.45, 2.75) is 19.0 Å². The van der Waals surface area contributed by atoms with Crippen molar-refractivity contribution in [1.29, 1.82) is 0 Å². The lowest BCUT2D eigenvalue weighted by atomic mass is 10.1. The van der Waals surface area contributed by atoms with E-state index >= 15 is 0 Å². The van der Waals surface area contributed by atoms with Crippen LogP contribution in [-0.2, 0) is 38.0 Å². The first-order valence-electron chi connectivity index (χ1n) is 9.05. The third-order valence-electron chi connectivity index (χ3n) is 4.63. The number of nitrogens with one attached hydrogen (secondary N) is 1. The molecule has 2 aromatic rings. The van der Waals surface area contributed by atoms with Gasteiger partial charge in [0.1, 0.15) is 6.04 Å². The normalized spacial score (nSPS) is 19.8. The van der Waals surface area contributed by atoms with Crippen LogP contribution in [0.1, 0.15) is 11.1 Å². The molecule has 0 aromatic heterocycles. The molecule has 1 aliphatic rings. The van der Waals surface area contributed by atoms with E-state index in [9.17, 15) is 21.6 Å². The van der Waals surface area contributed by atoms with Crippen LogP contribution in [-0.4, -0.2) is 56.1 Å². The summed E-state index contributed by atoms with van der Waals surface area (Å²) in [5.74, 6) is -0.522. The average Bonchev–Trinajstić information content (AvgIpc) is 2.94. The van der Waals surface area contributed by atoms with Gasteiger partial charge in [0.2, 0.25) is 15.9 Å². The van der Waals surface area contributed by atoms with E-state index in [0.717, 1.165) is 16.1 Å². The number of amides is 1. The standard InChI is InChI=1S/C19H23N3O5S2/c1-28(24,25)22-15-18(19(23)20-13-12-16-8-4-2-5-9-16)21(29(22,26)27)14-17-10-6-3-7-11-17/h2-11,18H,12-15H2,1H3,(H,20,23). The Hall–Kier alpha value is -2.27. The molecule has 1 fully saturated rings. The minimum atomic E-state index is -4.34. The van der Waals surface area contributed by atoms with Crippen LogP contribution in [0.4, 0.5) is 0 Å². The maximum atomic E-state index is 12.8. The fourth-order valence-electron chi connectivity index (χ4n) is 3.17. The monoisotopic (exact) mass is 437 g/mol. The molecule has 1 saturated heterocycles. The minimum absolute atomic E-state index is 0.0913. The second-order valence-corrected chi connectivity index (χ2v) is 10.7. The number of hydrogen-bond donors (Lipinski definition) is 1. The maximum absolute atomic E-state index is 12.8. The Morgan fingerprint density at radius 3 is 2.14 bits per heavy atom. The summed E-state index contributed by atoms with van der Waals surface area (Å²) in [5, 5.41) is 2.73. The molecule has 1 unspecified atom stereocenters. The van der Waals surface area contributed by atoms with Crippen LogP contribution in [0.15, 0.2) is 60.7 Å². The lowest BCUT2D eigenvalue weighted by molar-refractivity contribution is -0.124. The van der Waals surface area contributed by atoms with Crippen LogP contribution in [0, 0.1) is 0 Å². The molecule has 0 aliphatic carbocycles. The minimum Gasteiger partial charge on any atom is -0.354 e. The predicted molar refractivity (Wildman–Crippen MR) is 109 cm³/mol. The highest BCUT2D eigenvalue weighted by molar-refractivity contribution is 8.02. The van der Waals surface area contributed by atoms with Crippen molar-refractivity contribution in [2.75, 3.05) is 19.3 Å². The third kappa shape index (κ3) is 5.02. The van der Waals surface area contributed by atoms with Crippen molar-refractivity contribution in [1.82, 2.24) is 13.3 Å². The van der Waals surface area contributed by atoms with E-state index in [2.05, 4.69) is 5.32 Å². The molecule has 1 heterocycles. The first-order valence-corrected chi connectivity index (χ1v) is 12.3. The molecule has 8 nitrogen and oxygen atoms in total. The zero-order valence-corrected chi connectivity index (χ0v) is 17.6. The van der Waals surface area contributed by atoms with Crippen molar-refractivity contribution in [3.63, 3.8) is 0 Å². The van der Waals surface area contributed by atoms with Crippen LogP contribution in [0.3, 0.4) is 0 Å². The molecule has 0 spiro atoms. The number of carbonyl (C=O) groups excluding carboxylic acids is 1. The lowest BCUT2D eigenvalue weighted by Crippen LogP contribution is -2.46. The lowest BCUT2D eigenvalue weighted by Gasteiger charge is -2.21. The Morgan fingerprint density at radius 2 is 1.59 bits per heavy atom. The zero-order chi connectivity index (χ0) is 21.1. The summed E-state index contributed by atoms with van der Waals surface area (Å²) in [6, 6.07) is 17.2. The van der Waals surface area contributed by atoms with Gasteiger partial charge in [-0.1, -0.05) is 64.4 Å². The Balaban J connectivity index is 1.78. The summed E-state index contributed by atoms with van der Waals surface area (Å²) in [4.78, 5) is 12.8. The van der Waals surface area contributed by atoms with Crippen molar-refractivity contribution < 1.29 is 21.6 Å². The van der Waals surface area contributed by atoms with Crippen LogP contribution in [0.2, 0.25) is 0 Å². The fourth-order valence-corrected chi connectivity index (χ4v) is 6.57. The molecule has 3 rings (SSSR count). The van der Waals surface area contributed by atoms with Gasteiger partial charge >= 0.3 is 0 Å².